The first-order chi connectivity index (χ1) is 37.3. The summed E-state index contributed by atoms with van der Waals surface area (Å²) in [6.45, 7) is 9.43. The lowest BCUT2D eigenvalue weighted by Gasteiger charge is -2.37. The summed E-state index contributed by atoms with van der Waals surface area (Å²) < 4.78 is 129. The summed E-state index contributed by atoms with van der Waals surface area (Å²) in [5.74, 6) is -1.77. The van der Waals surface area contributed by atoms with Crippen molar-refractivity contribution in [3.8, 4) is 22.4 Å². The number of nitrogens with zero attached hydrogens (tertiary/aromatic N) is 4. The van der Waals surface area contributed by atoms with Gasteiger partial charge < -0.3 is 29.7 Å². The Kier molecular flexibility index (Phi) is 18.1. The van der Waals surface area contributed by atoms with Crippen LogP contribution in [0, 0.1) is 12.8 Å². The van der Waals surface area contributed by atoms with E-state index in [0.29, 0.717) is 98.7 Å². The Morgan fingerprint density at radius 3 is 2.00 bits per heavy atom. The second kappa shape index (κ2) is 24.2. The van der Waals surface area contributed by atoms with Crippen molar-refractivity contribution >= 4 is 87.9 Å². The molecule has 5 aromatic carbocycles. The molecule has 0 spiro atoms. The molecule has 1 atom stereocenters. The number of carboxylic acid groups (broad SMARTS) is 1. The number of amides is 1. The molecule has 1 unspecified atom stereocenters. The molecule has 24 heteroatoms. The van der Waals surface area contributed by atoms with E-state index >= 15 is 0 Å². The fourth-order valence-corrected chi connectivity index (χ4v) is 13.7. The molecule has 1 amide bonds. The Morgan fingerprint density at radius 1 is 0.772 bits per heavy atom. The van der Waals surface area contributed by atoms with Crippen molar-refractivity contribution in [1.82, 2.24) is 14.2 Å². The molecule has 0 saturated carbocycles. The molecule has 3 heterocycles. The Morgan fingerprint density at radius 2 is 1.41 bits per heavy atom. The largest absolute Gasteiger partial charge is 0.501 e. The highest BCUT2D eigenvalue weighted by molar-refractivity contribution is 7.99. The lowest BCUT2D eigenvalue weighted by Crippen LogP contribution is -2.46. The van der Waals surface area contributed by atoms with Crippen LogP contribution in [0.5, 0.6) is 0 Å². The Hall–Kier alpha value is -6.24. The summed E-state index contributed by atoms with van der Waals surface area (Å²) in [7, 11) is -14.6. The van der Waals surface area contributed by atoms with Gasteiger partial charge in [-0.2, -0.15) is 13.2 Å². The molecule has 6 aromatic rings. The SMILES string of the molecule is Cc1c(C(=O)NS(C)(=O)=O)c(-c2cccc(N3CCN(c4ccc(NS(=O)(=O)c5ccc(NC(CCN6CCC(C(=O)O)CC6)CSc6ccccc6)c(S(=O)(=O)C(F)(F)F)c5)cc4)CC3)c2)c(-c2ccc(Cl)cc2)n1C(C)C. The minimum Gasteiger partial charge on any atom is -0.481 e. The minimum absolute atomic E-state index is 0.0797. The van der Waals surface area contributed by atoms with Gasteiger partial charge in [0.05, 0.1) is 34.0 Å². The summed E-state index contributed by atoms with van der Waals surface area (Å²) in [5.41, 5.74) is -0.921. The number of carboxylic acids is 1. The lowest BCUT2D eigenvalue weighted by atomic mass is 9.96. The van der Waals surface area contributed by atoms with Crippen LogP contribution in [0.25, 0.3) is 22.4 Å². The van der Waals surface area contributed by atoms with E-state index in [9.17, 15) is 53.1 Å². The number of carbonyl (C=O) groups excluding carboxylic acids is 1. The van der Waals surface area contributed by atoms with E-state index < -0.39 is 74.7 Å². The van der Waals surface area contributed by atoms with Crippen LogP contribution >= 0.6 is 23.4 Å². The summed E-state index contributed by atoms with van der Waals surface area (Å²) in [5, 5.41) is 13.0. The topological polar surface area (TPSA) is 208 Å². The molecular weight excluding hydrogens is 1120 g/mol. The molecule has 0 aliphatic carbocycles. The van der Waals surface area contributed by atoms with Crippen LogP contribution in [0.2, 0.25) is 5.02 Å². The zero-order valence-corrected chi connectivity index (χ0v) is 47.7. The van der Waals surface area contributed by atoms with E-state index in [2.05, 4.69) is 29.5 Å². The number of carbonyl (C=O) groups is 2. The molecule has 8 rings (SSSR count). The van der Waals surface area contributed by atoms with Crippen LogP contribution < -0.4 is 24.6 Å². The van der Waals surface area contributed by atoms with Gasteiger partial charge in [-0.25, -0.2) is 30.0 Å². The summed E-state index contributed by atoms with van der Waals surface area (Å²) in [6, 6.07) is 32.5. The number of thioether (sulfide) groups is 1. The number of aromatic nitrogens is 1. The third-order valence-electron chi connectivity index (χ3n) is 14.0. The zero-order chi connectivity index (χ0) is 57.0. The maximum absolute atomic E-state index is 14.4. The molecular formula is C55H61ClF3N7O9S4. The van der Waals surface area contributed by atoms with Crippen molar-refractivity contribution in [2.75, 3.05) is 77.7 Å². The predicted octanol–water partition coefficient (Wildman–Crippen LogP) is 10.2. The van der Waals surface area contributed by atoms with E-state index in [-0.39, 0.29) is 17.3 Å². The third kappa shape index (κ3) is 14.0. The maximum atomic E-state index is 14.4. The summed E-state index contributed by atoms with van der Waals surface area (Å²) >= 11 is 7.70. The predicted molar refractivity (Wildman–Crippen MR) is 305 cm³/mol. The minimum atomic E-state index is -6.08. The highest BCUT2D eigenvalue weighted by Gasteiger charge is 2.48. The fourth-order valence-electron chi connectivity index (χ4n) is 10.1. The number of piperazine rings is 1. The van der Waals surface area contributed by atoms with E-state index in [1.54, 1.807) is 31.2 Å². The van der Waals surface area contributed by atoms with Crippen molar-refractivity contribution in [3.63, 3.8) is 0 Å². The van der Waals surface area contributed by atoms with Gasteiger partial charge in [0.25, 0.3) is 25.8 Å². The van der Waals surface area contributed by atoms with Crippen molar-refractivity contribution < 1.29 is 53.1 Å². The van der Waals surface area contributed by atoms with E-state index in [0.717, 1.165) is 45.9 Å². The summed E-state index contributed by atoms with van der Waals surface area (Å²) in [6.07, 6.45) is 2.17. The van der Waals surface area contributed by atoms with Crippen molar-refractivity contribution in [3.05, 3.63) is 138 Å². The molecule has 2 aliphatic heterocycles. The Labute approximate surface area is 468 Å². The molecule has 2 saturated heterocycles. The van der Waals surface area contributed by atoms with Crippen LogP contribution in [-0.2, 0) is 34.7 Å². The monoisotopic (exact) mass is 1180 g/mol. The zero-order valence-electron chi connectivity index (χ0n) is 43.7. The number of hydrogen-bond acceptors (Lipinski definition) is 13. The van der Waals surface area contributed by atoms with Crippen LogP contribution in [0.4, 0.5) is 35.9 Å². The number of rotatable bonds is 20. The van der Waals surface area contributed by atoms with Crippen molar-refractivity contribution in [1.29, 1.82) is 0 Å². The van der Waals surface area contributed by atoms with Crippen molar-refractivity contribution in [2.24, 2.45) is 5.92 Å². The molecule has 2 fully saturated rings. The standard InChI is InChI=1S/C55H61ClF3N7O9S4/c1-36(2)66-37(3)50(53(67)62-77(4,70)71)51(52(66)38-13-15-41(56)16-14-38)40-9-8-10-45(33-40)65-31-29-64(30-32-65)44-19-17-42(18-20-44)61-79(74,75)47-21-22-48(49(34-47)78(72,73)55(57,58)59)60-43(35-76-46-11-6-5-7-12-46)25-28-63-26-23-39(24-27-63)54(68)69/h5-22,33-34,36,39,43,60-61H,23-32,35H2,1-4H3,(H,62,67)(H,68,69). The molecule has 4 N–H and O–H groups in total. The Balaban J connectivity index is 0.980. The van der Waals surface area contributed by atoms with Crippen LogP contribution in [0.15, 0.2) is 136 Å². The molecule has 422 valence electrons. The number of halogens is 4. The number of benzene rings is 5. The molecule has 0 radical (unpaired) electrons. The molecule has 0 bridgehead atoms. The number of anilines is 4. The number of aliphatic carboxylic acids is 1. The van der Waals surface area contributed by atoms with Crippen molar-refractivity contribution in [2.45, 2.75) is 72.3 Å². The number of piperidine rings is 1. The average Bonchev–Trinajstić information content (AvgIpc) is 3.93. The quantitative estimate of drug-likeness (QED) is 0.0525. The normalized spacial score (nSPS) is 15.5. The van der Waals surface area contributed by atoms with Gasteiger partial charge >= 0.3 is 11.5 Å². The molecule has 79 heavy (non-hydrogen) atoms. The van der Waals surface area contributed by atoms with E-state index in [4.69, 9.17) is 11.6 Å². The van der Waals surface area contributed by atoms with Crippen LogP contribution in [0.1, 0.15) is 55.2 Å². The fraction of sp³-hybridized carbons (Fsp3) is 0.345. The highest BCUT2D eigenvalue weighted by Crippen LogP contribution is 2.43. The van der Waals surface area contributed by atoms with Gasteiger partial charge in [-0.3, -0.25) is 14.3 Å². The number of alkyl halides is 3. The van der Waals surface area contributed by atoms with Gasteiger partial charge in [0.15, 0.2) is 0 Å². The van der Waals surface area contributed by atoms with E-state index in [1.807, 2.05) is 85.1 Å². The first-order valence-electron chi connectivity index (χ1n) is 25.4. The smallest absolute Gasteiger partial charge is 0.481 e. The maximum Gasteiger partial charge on any atom is 0.501 e. The first-order valence-corrected chi connectivity index (χ1v) is 31.6. The number of likely N-dealkylation sites (tertiary alicyclic amines) is 1. The van der Waals surface area contributed by atoms with Gasteiger partial charge in [0.1, 0.15) is 4.90 Å². The second-order valence-electron chi connectivity index (χ2n) is 19.9. The third-order valence-corrected chi connectivity index (χ3v) is 18.9. The number of hydrogen-bond donors (Lipinski definition) is 4. The van der Waals surface area contributed by atoms with Gasteiger partial charge in [0.2, 0.25) is 10.0 Å². The first kappa shape index (κ1) is 58.9. The molecule has 2 aliphatic rings. The van der Waals surface area contributed by atoms with Gasteiger partial charge in [-0.05, 0) is 143 Å². The van der Waals surface area contributed by atoms with Crippen LogP contribution in [0.3, 0.4) is 0 Å². The summed E-state index contributed by atoms with van der Waals surface area (Å²) in [4.78, 5) is 30.6. The van der Waals surface area contributed by atoms with Crippen LogP contribution in [-0.4, -0.2) is 121 Å². The number of sulfone groups is 1. The highest BCUT2D eigenvalue weighted by atomic mass is 35.5. The number of nitrogens with one attached hydrogen (secondary N) is 3. The molecule has 16 nitrogen and oxygen atoms in total. The Bertz CT molecular complexity index is 3520. The van der Waals surface area contributed by atoms with Gasteiger partial charge in [-0.1, -0.05) is 54.1 Å². The van der Waals surface area contributed by atoms with Gasteiger partial charge in [0, 0.05) is 88.8 Å². The molecule has 1 aromatic heterocycles. The van der Waals surface area contributed by atoms with E-state index in [1.165, 1.54) is 23.9 Å². The lowest BCUT2D eigenvalue weighted by molar-refractivity contribution is -0.143. The number of sulfonamides is 2. The van der Waals surface area contributed by atoms with Gasteiger partial charge in [-0.15, -0.1) is 11.8 Å². The average molecular weight is 1180 g/mol. The second-order valence-corrected chi connectivity index (χ2v) is 26.7.